The van der Waals surface area contributed by atoms with Gasteiger partial charge < -0.3 is 9.14 Å². The van der Waals surface area contributed by atoms with Gasteiger partial charge in [0.25, 0.3) is 0 Å². The summed E-state index contributed by atoms with van der Waals surface area (Å²) in [7, 11) is 1.63. The van der Waals surface area contributed by atoms with Crippen molar-refractivity contribution in [1.29, 1.82) is 0 Å². The highest BCUT2D eigenvalue weighted by Gasteiger charge is 2.09. The van der Waals surface area contributed by atoms with Crippen LogP contribution >= 0.6 is 23.2 Å². The summed E-state index contributed by atoms with van der Waals surface area (Å²) < 4.78 is 7.20. The van der Waals surface area contributed by atoms with Gasteiger partial charge in [0.15, 0.2) is 11.4 Å². The minimum Gasteiger partial charge on any atom is -0.493 e. The predicted octanol–water partition coefficient (Wildman–Crippen LogP) is 4.32. The van der Waals surface area contributed by atoms with Crippen molar-refractivity contribution in [3.63, 3.8) is 0 Å². The largest absolute Gasteiger partial charge is 0.493 e. The molecule has 0 bridgehead atoms. The lowest BCUT2D eigenvalue weighted by Crippen LogP contribution is -1.88. The number of aromatic nitrogens is 2. The molecule has 3 nitrogen and oxygen atoms in total. The molecule has 19 heavy (non-hydrogen) atoms. The van der Waals surface area contributed by atoms with Gasteiger partial charge in [-0.05, 0) is 24.3 Å². The van der Waals surface area contributed by atoms with Crippen LogP contribution in [0.2, 0.25) is 10.0 Å². The number of nitrogens with zero attached hydrogens (tertiary/aromatic N) is 2. The molecule has 0 N–H and O–H groups in total. The lowest BCUT2D eigenvalue weighted by molar-refractivity contribution is 0.417. The Bertz CT molecular complexity index is 752. The lowest BCUT2D eigenvalue weighted by atomic mass is 10.2. The highest BCUT2D eigenvalue weighted by molar-refractivity contribution is 6.42. The first-order valence-corrected chi connectivity index (χ1v) is 6.42. The van der Waals surface area contributed by atoms with Gasteiger partial charge in [0, 0.05) is 18.0 Å². The van der Waals surface area contributed by atoms with Crippen LogP contribution in [0.25, 0.3) is 16.9 Å². The lowest BCUT2D eigenvalue weighted by Gasteiger charge is -2.00. The summed E-state index contributed by atoms with van der Waals surface area (Å²) in [5, 5.41) is 1.05. The van der Waals surface area contributed by atoms with Gasteiger partial charge >= 0.3 is 0 Å². The van der Waals surface area contributed by atoms with Crippen LogP contribution in [0.3, 0.4) is 0 Å². The van der Waals surface area contributed by atoms with Crippen LogP contribution in [0, 0.1) is 0 Å². The molecule has 96 valence electrons. The Labute approximate surface area is 120 Å². The number of hydrogen-bond acceptors (Lipinski definition) is 2. The fraction of sp³-hybridized carbons (Fsp3) is 0.0714. The number of imidazole rings is 1. The normalized spacial score (nSPS) is 10.9. The van der Waals surface area contributed by atoms with Crippen molar-refractivity contribution in [2.24, 2.45) is 0 Å². The first kappa shape index (κ1) is 12.3. The van der Waals surface area contributed by atoms with Crippen molar-refractivity contribution in [3.8, 4) is 17.0 Å². The number of ether oxygens (including phenoxy) is 1. The highest BCUT2D eigenvalue weighted by atomic mass is 35.5. The SMILES string of the molecule is COc1cccn2cc(-c3ccc(Cl)c(Cl)c3)nc12. The zero-order valence-corrected chi connectivity index (χ0v) is 11.6. The molecule has 0 aliphatic rings. The quantitative estimate of drug-likeness (QED) is 0.703. The Balaban J connectivity index is 2.17. The first-order valence-electron chi connectivity index (χ1n) is 5.66. The molecule has 0 saturated heterocycles. The van der Waals surface area contributed by atoms with Gasteiger partial charge in [-0.25, -0.2) is 4.98 Å². The molecule has 0 aliphatic heterocycles. The summed E-state index contributed by atoms with van der Waals surface area (Å²) in [5.41, 5.74) is 2.51. The summed E-state index contributed by atoms with van der Waals surface area (Å²) in [4.78, 5) is 4.56. The van der Waals surface area contributed by atoms with Crippen molar-refractivity contribution in [3.05, 3.63) is 52.8 Å². The third kappa shape index (κ3) is 2.15. The molecule has 0 atom stereocenters. The Morgan fingerprint density at radius 2 is 2.00 bits per heavy atom. The molecule has 0 fully saturated rings. The monoisotopic (exact) mass is 292 g/mol. The second kappa shape index (κ2) is 4.76. The van der Waals surface area contributed by atoms with E-state index >= 15 is 0 Å². The Kier molecular flexibility index (Phi) is 3.09. The van der Waals surface area contributed by atoms with Crippen molar-refractivity contribution >= 4 is 28.8 Å². The fourth-order valence-electron chi connectivity index (χ4n) is 1.94. The van der Waals surface area contributed by atoms with Crippen molar-refractivity contribution in [2.45, 2.75) is 0 Å². The van der Waals surface area contributed by atoms with Crippen LogP contribution in [-0.2, 0) is 0 Å². The van der Waals surface area contributed by atoms with Gasteiger partial charge in [0.05, 0.1) is 22.8 Å². The van der Waals surface area contributed by atoms with Gasteiger partial charge in [-0.2, -0.15) is 0 Å². The summed E-state index contributed by atoms with van der Waals surface area (Å²) >= 11 is 11.9. The zero-order valence-electron chi connectivity index (χ0n) is 10.1. The standard InChI is InChI=1S/C14H10Cl2N2O/c1-19-13-3-2-6-18-8-12(17-14(13)18)9-4-5-10(15)11(16)7-9/h2-8H,1H3. The molecule has 0 amide bonds. The minimum absolute atomic E-state index is 0.517. The van der Waals surface area contributed by atoms with Crippen LogP contribution in [0.1, 0.15) is 0 Å². The summed E-state index contributed by atoms with van der Waals surface area (Å²) in [5.74, 6) is 0.730. The number of rotatable bonds is 2. The molecule has 0 saturated carbocycles. The molecule has 5 heteroatoms. The van der Waals surface area contributed by atoms with E-state index in [0.717, 1.165) is 22.7 Å². The van der Waals surface area contributed by atoms with Gasteiger partial charge in [-0.3, -0.25) is 0 Å². The highest BCUT2D eigenvalue weighted by Crippen LogP contribution is 2.29. The molecule has 0 spiro atoms. The molecule has 0 aliphatic carbocycles. The van der Waals surface area contributed by atoms with E-state index in [-0.39, 0.29) is 0 Å². The second-order valence-electron chi connectivity index (χ2n) is 4.06. The number of methoxy groups -OCH3 is 1. The van der Waals surface area contributed by atoms with E-state index in [1.807, 2.05) is 35.0 Å². The smallest absolute Gasteiger partial charge is 0.180 e. The van der Waals surface area contributed by atoms with E-state index in [0.29, 0.717) is 10.0 Å². The second-order valence-corrected chi connectivity index (χ2v) is 4.88. The van der Waals surface area contributed by atoms with Crippen LogP contribution in [0.4, 0.5) is 0 Å². The molecule has 3 rings (SSSR count). The van der Waals surface area contributed by atoms with Crippen molar-refractivity contribution < 1.29 is 4.74 Å². The van der Waals surface area contributed by atoms with Gasteiger partial charge in [-0.1, -0.05) is 29.3 Å². The average Bonchev–Trinajstić information content (AvgIpc) is 2.85. The van der Waals surface area contributed by atoms with Gasteiger partial charge in [0.1, 0.15) is 0 Å². The van der Waals surface area contributed by atoms with E-state index in [1.54, 1.807) is 19.2 Å². The maximum Gasteiger partial charge on any atom is 0.180 e. The van der Waals surface area contributed by atoms with Crippen molar-refractivity contribution in [1.82, 2.24) is 9.38 Å². The molecule has 2 heterocycles. The van der Waals surface area contributed by atoms with Crippen LogP contribution < -0.4 is 4.74 Å². The Morgan fingerprint density at radius 1 is 1.16 bits per heavy atom. The van der Waals surface area contributed by atoms with Crippen LogP contribution in [0.5, 0.6) is 5.75 Å². The van der Waals surface area contributed by atoms with E-state index in [2.05, 4.69) is 4.98 Å². The molecular weight excluding hydrogens is 283 g/mol. The Hall–Kier alpha value is -1.71. The number of halogens is 2. The molecule has 2 aromatic heterocycles. The molecule has 0 unspecified atom stereocenters. The maximum atomic E-state index is 6.03. The molecular formula is C14H10Cl2N2O. The van der Waals surface area contributed by atoms with E-state index < -0.39 is 0 Å². The van der Waals surface area contributed by atoms with Crippen LogP contribution in [-0.4, -0.2) is 16.5 Å². The number of benzene rings is 1. The third-order valence-electron chi connectivity index (χ3n) is 2.88. The molecule has 1 aromatic carbocycles. The fourth-order valence-corrected chi connectivity index (χ4v) is 2.24. The van der Waals surface area contributed by atoms with E-state index in [1.165, 1.54) is 0 Å². The maximum absolute atomic E-state index is 6.03. The molecule has 0 radical (unpaired) electrons. The summed E-state index contributed by atoms with van der Waals surface area (Å²) in [6.45, 7) is 0. The van der Waals surface area contributed by atoms with E-state index in [4.69, 9.17) is 27.9 Å². The third-order valence-corrected chi connectivity index (χ3v) is 3.62. The van der Waals surface area contributed by atoms with Gasteiger partial charge in [-0.15, -0.1) is 0 Å². The summed E-state index contributed by atoms with van der Waals surface area (Å²) in [6.07, 6.45) is 3.85. The van der Waals surface area contributed by atoms with E-state index in [9.17, 15) is 0 Å². The average molecular weight is 293 g/mol. The predicted molar refractivity (Wildman–Crippen MR) is 77.2 cm³/mol. The minimum atomic E-state index is 0.517. The molecule has 3 aromatic rings. The number of pyridine rings is 1. The summed E-state index contributed by atoms with van der Waals surface area (Å²) in [6, 6.07) is 9.24. The number of fused-ring (bicyclic) bond motifs is 1. The van der Waals surface area contributed by atoms with Gasteiger partial charge in [0.2, 0.25) is 0 Å². The zero-order chi connectivity index (χ0) is 13.4. The topological polar surface area (TPSA) is 26.5 Å². The van der Waals surface area contributed by atoms with Crippen molar-refractivity contribution in [2.75, 3.05) is 7.11 Å². The number of hydrogen-bond donors (Lipinski definition) is 0. The van der Waals surface area contributed by atoms with Crippen LogP contribution in [0.15, 0.2) is 42.7 Å². The first-order chi connectivity index (χ1) is 9.19. The Morgan fingerprint density at radius 3 is 2.74 bits per heavy atom.